The normalized spacial score (nSPS) is 10.6. The molecule has 0 fully saturated rings. The first kappa shape index (κ1) is 11.0. The number of nitrogens with zero attached hydrogens (tertiary/aromatic N) is 3. The Balaban J connectivity index is 2.60. The van der Waals surface area contributed by atoms with E-state index in [2.05, 4.69) is 26.0 Å². The highest BCUT2D eigenvalue weighted by Gasteiger charge is 2.11. The molecular formula is C7H11BrN4O2. The number of carbonyl (C=O) groups excluding carboxylic acids is 1. The molecule has 0 unspecified atom stereocenters. The van der Waals surface area contributed by atoms with Gasteiger partial charge in [0.05, 0.1) is 6.10 Å². The second-order valence-electron chi connectivity index (χ2n) is 2.94. The van der Waals surface area contributed by atoms with Crippen molar-refractivity contribution < 1.29 is 9.53 Å². The van der Waals surface area contributed by atoms with E-state index in [1.165, 1.54) is 4.68 Å². The average molecular weight is 263 g/mol. The van der Waals surface area contributed by atoms with Gasteiger partial charge < -0.3 is 10.5 Å². The van der Waals surface area contributed by atoms with E-state index in [-0.39, 0.29) is 24.6 Å². The van der Waals surface area contributed by atoms with Gasteiger partial charge in [0.15, 0.2) is 4.73 Å². The van der Waals surface area contributed by atoms with Crippen molar-refractivity contribution in [3.8, 4) is 0 Å². The number of hydrogen-bond acceptors (Lipinski definition) is 5. The molecular weight excluding hydrogens is 252 g/mol. The first-order chi connectivity index (χ1) is 6.49. The first-order valence-corrected chi connectivity index (χ1v) is 4.83. The van der Waals surface area contributed by atoms with Gasteiger partial charge in [0.25, 0.3) is 0 Å². The average Bonchev–Trinajstić information content (AvgIpc) is 2.28. The Morgan fingerprint density at radius 2 is 2.36 bits per heavy atom. The molecule has 0 radical (unpaired) electrons. The zero-order valence-electron chi connectivity index (χ0n) is 7.90. The number of halogens is 1. The summed E-state index contributed by atoms with van der Waals surface area (Å²) in [7, 11) is 0. The third kappa shape index (κ3) is 2.99. The number of ether oxygens (including phenoxy) is 1. The topological polar surface area (TPSA) is 83.0 Å². The van der Waals surface area contributed by atoms with Crippen LogP contribution in [-0.2, 0) is 16.1 Å². The van der Waals surface area contributed by atoms with E-state index < -0.39 is 0 Å². The minimum absolute atomic E-state index is 0.00294. The Hall–Kier alpha value is -1.11. The lowest BCUT2D eigenvalue weighted by Crippen LogP contribution is -2.18. The molecule has 0 bridgehead atoms. The van der Waals surface area contributed by atoms with E-state index in [9.17, 15) is 4.79 Å². The largest absolute Gasteiger partial charge is 0.462 e. The number of nitrogen functional groups attached to an aromatic ring is 1. The molecule has 1 rings (SSSR count). The van der Waals surface area contributed by atoms with E-state index in [0.29, 0.717) is 4.73 Å². The molecule has 0 aliphatic rings. The van der Waals surface area contributed by atoms with E-state index >= 15 is 0 Å². The van der Waals surface area contributed by atoms with Gasteiger partial charge in [0, 0.05) is 0 Å². The van der Waals surface area contributed by atoms with Gasteiger partial charge in [-0.2, -0.15) is 4.98 Å². The molecule has 1 aromatic rings. The van der Waals surface area contributed by atoms with E-state index in [4.69, 9.17) is 10.5 Å². The maximum Gasteiger partial charge on any atom is 0.328 e. The van der Waals surface area contributed by atoms with Crippen LogP contribution in [0, 0.1) is 0 Å². The fourth-order valence-corrected chi connectivity index (χ4v) is 1.25. The lowest BCUT2D eigenvalue weighted by atomic mass is 10.5. The van der Waals surface area contributed by atoms with Gasteiger partial charge in [-0.3, -0.25) is 4.79 Å². The molecule has 0 amide bonds. The number of nitrogens with two attached hydrogens (primary N) is 1. The minimum Gasteiger partial charge on any atom is -0.462 e. The fourth-order valence-electron chi connectivity index (χ4n) is 0.863. The molecule has 0 atom stereocenters. The molecule has 6 nitrogen and oxygen atoms in total. The van der Waals surface area contributed by atoms with Gasteiger partial charge in [-0.25, -0.2) is 4.68 Å². The van der Waals surface area contributed by atoms with Crippen LogP contribution in [0.3, 0.4) is 0 Å². The quantitative estimate of drug-likeness (QED) is 0.806. The summed E-state index contributed by atoms with van der Waals surface area (Å²) in [6.07, 6.45) is -0.137. The summed E-state index contributed by atoms with van der Waals surface area (Å²) >= 11 is 3.11. The predicted octanol–water partition coefficient (Wildman–Crippen LogP) is 0.574. The maximum absolute atomic E-state index is 11.2. The SMILES string of the molecule is CC(C)OC(=O)Cn1nc(N)nc1Br. The van der Waals surface area contributed by atoms with Crippen LogP contribution in [0.25, 0.3) is 0 Å². The van der Waals surface area contributed by atoms with Crippen LogP contribution in [-0.4, -0.2) is 26.8 Å². The van der Waals surface area contributed by atoms with Crippen molar-refractivity contribution >= 4 is 27.8 Å². The van der Waals surface area contributed by atoms with Crippen molar-refractivity contribution in [2.45, 2.75) is 26.5 Å². The number of anilines is 1. The Bertz CT molecular complexity index is 336. The Labute approximate surface area is 89.6 Å². The number of hydrogen-bond donors (Lipinski definition) is 1. The Morgan fingerprint density at radius 3 is 2.79 bits per heavy atom. The van der Waals surface area contributed by atoms with Crippen LogP contribution >= 0.6 is 15.9 Å². The molecule has 0 aromatic carbocycles. The van der Waals surface area contributed by atoms with Gasteiger partial charge in [-0.15, -0.1) is 5.10 Å². The van der Waals surface area contributed by atoms with Crippen LogP contribution in [0.2, 0.25) is 0 Å². The van der Waals surface area contributed by atoms with Crippen molar-refractivity contribution in [2.24, 2.45) is 0 Å². The van der Waals surface area contributed by atoms with Crippen molar-refractivity contribution in [1.29, 1.82) is 0 Å². The molecule has 2 N–H and O–H groups in total. The monoisotopic (exact) mass is 262 g/mol. The first-order valence-electron chi connectivity index (χ1n) is 4.04. The van der Waals surface area contributed by atoms with Crippen molar-refractivity contribution in [3.63, 3.8) is 0 Å². The summed E-state index contributed by atoms with van der Waals surface area (Å²) in [6, 6.07) is 0. The second kappa shape index (κ2) is 4.41. The third-order valence-electron chi connectivity index (χ3n) is 1.29. The van der Waals surface area contributed by atoms with E-state index in [1.54, 1.807) is 13.8 Å². The van der Waals surface area contributed by atoms with Crippen LogP contribution < -0.4 is 5.73 Å². The number of aromatic nitrogens is 3. The molecule has 0 saturated heterocycles. The van der Waals surface area contributed by atoms with Gasteiger partial charge in [-0.05, 0) is 29.8 Å². The van der Waals surface area contributed by atoms with Gasteiger partial charge in [-0.1, -0.05) is 0 Å². The number of esters is 1. The maximum atomic E-state index is 11.2. The molecule has 7 heteroatoms. The molecule has 1 heterocycles. The van der Waals surface area contributed by atoms with Crippen molar-refractivity contribution in [1.82, 2.24) is 14.8 Å². The predicted molar refractivity (Wildman–Crippen MR) is 53.4 cm³/mol. The van der Waals surface area contributed by atoms with Gasteiger partial charge in [0.1, 0.15) is 6.54 Å². The number of carbonyl (C=O) groups is 1. The summed E-state index contributed by atoms with van der Waals surface area (Å²) in [4.78, 5) is 15.0. The highest BCUT2D eigenvalue weighted by Crippen LogP contribution is 2.07. The molecule has 0 saturated carbocycles. The molecule has 14 heavy (non-hydrogen) atoms. The van der Waals surface area contributed by atoms with Crippen LogP contribution in [0.15, 0.2) is 4.73 Å². The summed E-state index contributed by atoms with van der Waals surface area (Å²) in [6.45, 7) is 3.56. The third-order valence-corrected chi connectivity index (χ3v) is 1.88. The lowest BCUT2D eigenvalue weighted by Gasteiger charge is -2.07. The Morgan fingerprint density at radius 1 is 1.71 bits per heavy atom. The zero-order valence-corrected chi connectivity index (χ0v) is 9.48. The number of rotatable bonds is 3. The zero-order chi connectivity index (χ0) is 10.7. The van der Waals surface area contributed by atoms with E-state index in [0.717, 1.165) is 0 Å². The van der Waals surface area contributed by atoms with Gasteiger partial charge >= 0.3 is 5.97 Å². The smallest absolute Gasteiger partial charge is 0.328 e. The molecule has 78 valence electrons. The second-order valence-corrected chi connectivity index (χ2v) is 3.64. The van der Waals surface area contributed by atoms with Crippen LogP contribution in [0.4, 0.5) is 5.95 Å². The standard InChI is InChI=1S/C7H11BrN4O2/c1-4(2)14-5(13)3-12-6(8)10-7(9)11-12/h4H,3H2,1-2H3,(H2,9,11). The van der Waals surface area contributed by atoms with Gasteiger partial charge in [0.2, 0.25) is 5.95 Å². The molecule has 0 spiro atoms. The van der Waals surface area contributed by atoms with Crippen molar-refractivity contribution in [2.75, 3.05) is 5.73 Å². The van der Waals surface area contributed by atoms with E-state index in [1.807, 2.05) is 0 Å². The van der Waals surface area contributed by atoms with Crippen LogP contribution in [0.1, 0.15) is 13.8 Å². The highest BCUT2D eigenvalue weighted by atomic mass is 79.9. The fraction of sp³-hybridized carbons (Fsp3) is 0.571. The van der Waals surface area contributed by atoms with Crippen molar-refractivity contribution in [3.05, 3.63) is 4.73 Å². The molecule has 1 aromatic heterocycles. The summed E-state index contributed by atoms with van der Waals surface area (Å²) in [5.41, 5.74) is 5.33. The molecule has 0 aliphatic heterocycles. The Kier molecular flexibility index (Phi) is 3.45. The van der Waals surface area contributed by atoms with Crippen LogP contribution in [0.5, 0.6) is 0 Å². The molecule has 0 aliphatic carbocycles. The highest BCUT2D eigenvalue weighted by molar-refractivity contribution is 9.10. The lowest BCUT2D eigenvalue weighted by molar-refractivity contribution is -0.148. The minimum atomic E-state index is -0.370. The summed E-state index contributed by atoms with van der Waals surface area (Å²) in [5.74, 6) is -0.250. The summed E-state index contributed by atoms with van der Waals surface area (Å²) in [5, 5.41) is 3.79. The summed E-state index contributed by atoms with van der Waals surface area (Å²) < 4.78 is 6.68.